The molecule has 0 saturated heterocycles. The van der Waals surface area contributed by atoms with Gasteiger partial charge in [0.05, 0.1) is 29.9 Å². The molecule has 3 rings (SSSR count). The van der Waals surface area contributed by atoms with Crippen molar-refractivity contribution in [2.45, 2.75) is 26.4 Å². The second-order valence-electron chi connectivity index (χ2n) is 6.29. The predicted octanol–water partition coefficient (Wildman–Crippen LogP) is 2.29. The molecular formula is C19H23N5O. The van der Waals surface area contributed by atoms with Gasteiger partial charge >= 0.3 is 0 Å². The number of carbonyl (C=O) groups is 1. The molecule has 2 heterocycles. The lowest BCUT2D eigenvalue weighted by molar-refractivity contribution is 0.0642. The second kappa shape index (κ2) is 7.49. The maximum Gasteiger partial charge on any atom is 0.254 e. The standard InChI is InChI=1S/C19H23N5O/c1-3-22(4-2)12-18-14-23(13-17-8-9-21-24(17)18)19(25)16-7-5-6-15(10-16)11-20/h5-10,18H,3-4,12-14H2,1-2H3/t18-/m1/s1. The maximum absolute atomic E-state index is 12.9. The summed E-state index contributed by atoms with van der Waals surface area (Å²) in [6.07, 6.45) is 1.80. The van der Waals surface area contributed by atoms with E-state index >= 15 is 0 Å². The molecule has 0 bridgehead atoms. The summed E-state index contributed by atoms with van der Waals surface area (Å²) in [7, 11) is 0. The summed E-state index contributed by atoms with van der Waals surface area (Å²) >= 11 is 0. The summed E-state index contributed by atoms with van der Waals surface area (Å²) in [5.74, 6) is -0.0332. The van der Waals surface area contributed by atoms with E-state index in [9.17, 15) is 4.79 Å². The molecule has 25 heavy (non-hydrogen) atoms. The van der Waals surface area contributed by atoms with Crippen LogP contribution in [-0.4, -0.2) is 51.7 Å². The van der Waals surface area contributed by atoms with E-state index in [-0.39, 0.29) is 11.9 Å². The summed E-state index contributed by atoms with van der Waals surface area (Å²) in [5, 5.41) is 13.5. The Hall–Kier alpha value is -2.65. The van der Waals surface area contributed by atoms with Crippen molar-refractivity contribution in [2.24, 2.45) is 0 Å². The number of benzene rings is 1. The van der Waals surface area contributed by atoms with Gasteiger partial charge in [-0.3, -0.25) is 9.48 Å². The van der Waals surface area contributed by atoms with Crippen molar-refractivity contribution in [3.05, 3.63) is 53.3 Å². The molecule has 0 unspecified atom stereocenters. The van der Waals surface area contributed by atoms with Crippen LogP contribution < -0.4 is 0 Å². The minimum Gasteiger partial charge on any atom is -0.331 e. The molecular weight excluding hydrogens is 314 g/mol. The lowest BCUT2D eigenvalue weighted by Gasteiger charge is -2.36. The van der Waals surface area contributed by atoms with Crippen molar-refractivity contribution in [1.29, 1.82) is 5.26 Å². The summed E-state index contributed by atoms with van der Waals surface area (Å²) < 4.78 is 2.05. The SMILES string of the molecule is CCN(CC)C[C@@H]1CN(C(=O)c2cccc(C#N)c2)Cc2ccnn21. The molecule has 6 heteroatoms. The van der Waals surface area contributed by atoms with Gasteiger partial charge in [0, 0.05) is 24.8 Å². The molecule has 1 aromatic carbocycles. The van der Waals surface area contributed by atoms with Crippen molar-refractivity contribution >= 4 is 5.91 Å². The number of hydrogen-bond acceptors (Lipinski definition) is 4. The highest BCUT2D eigenvalue weighted by Gasteiger charge is 2.29. The normalized spacial score (nSPS) is 16.6. The van der Waals surface area contributed by atoms with E-state index in [0.29, 0.717) is 24.2 Å². The fraction of sp³-hybridized carbons (Fsp3) is 0.421. The molecule has 2 aromatic rings. The molecule has 0 aliphatic carbocycles. The molecule has 0 saturated carbocycles. The first kappa shape index (κ1) is 17.2. The van der Waals surface area contributed by atoms with Gasteiger partial charge in [-0.15, -0.1) is 0 Å². The Kier molecular flexibility index (Phi) is 5.15. The minimum absolute atomic E-state index is 0.0332. The maximum atomic E-state index is 12.9. The highest BCUT2D eigenvalue weighted by molar-refractivity contribution is 5.94. The van der Waals surface area contributed by atoms with Gasteiger partial charge in [-0.2, -0.15) is 10.4 Å². The minimum atomic E-state index is -0.0332. The molecule has 0 spiro atoms. The highest BCUT2D eigenvalue weighted by atomic mass is 16.2. The van der Waals surface area contributed by atoms with Gasteiger partial charge in [0.25, 0.3) is 5.91 Å². The van der Waals surface area contributed by atoms with Crippen molar-refractivity contribution < 1.29 is 4.79 Å². The number of fused-ring (bicyclic) bond motifs is 1. The van der Waals surface area contributed by atoms with Crippen molar-refractivity contribution in [3.63, 3.8) is 0 Å². The Morgan fingerprint density at radius 2 is 2.16 bits per heavy atom. The number of aromatic nitrogens is 2. The monoisotopic (exact) mass is 337 g/mol. The lowest BCUT2D eigenvalue weighted by atomic mass is 10.1. The molecule has 130 valence electrons. The van der Waals surface area contributed by atoms with Crippen molar-refractivity contribution in [1.82, 2.24) is 19.6 Å². The van der Waals surface area contributed by atoms with Gasteiger partial charge in [-0.1, -0.05) is 19.9 Å². The number of nitriles is 1. The van der Waals surface area contributed by atoms with Crippen LogP contribution in [-0.2, 0) is 6.54 Å². The Balaban J connectivity index is 1.84. The molecule has 0 radical (unpaired) electrons. The van der Waals surface area contributed by atoms with Crippen LogP contribution in [0.15, 0.2) is 36.5 Å². The third-order valence-electron chi connectivity index (χ3n) is 4.77. The van der Waals surface area contributed by atoms with Crippen LogP contribution in [0, 0.1) is 11.3 Å². The van der Waals surface area contributed by atoms with E-state index in [4.69, 9.17) is 5.26 Å². The molecule has 6 nitrogen and oxygen atoms in total. The Labute approximate surface area is 148 Å². The van der Waals surface area contributed by atoms with Gasteiger partial charge < -0.3 is 9.80 Å². The lowest BCUT2D eigenvalue weighted by Crippen LogP contribution is -2.45. The van der Waals surface area contributed by atoms with Crippen LogP contribution in [0.3, 0.4) is 0 Å². The molecule has 1 aromatic heterocycles. The topological polar surface area (TPSA) is 65.2 Å². The molecule has 1 aliphatic heterocycles. The number of likely N-dealkylation sites (N-methyl/N-ethyl adjacent to an activating group) is 1. The van der Waals surface area contributed by atoms with Crippen molar-refractivity contribution in [2.75, 3.05) is 26.2 Å². The van der Waals surface area contributed by atoms with Crippen LogP contribution in [0.5, 0.6) is 0 Å². The average molecular weight is 337 g/mol. The average Bonchev–Trinajstić information content (AvgIpc) is 3.14. The van der Waals surface area contributed by atoms with E-state index in [1.165, 1.54) is 0 Å². The number of carbonyl (C=O) groups excluding carboxylic acids is 1. The highest BCUT2D eigenvalue weighted by Crippen LogP contribution is 2.23. The summed E-state index contributed by atoms with van der Waals surface area (Å²) in [5.41, 5.74) is 2.12. The van der Waals surface area contributed by atoms with Gasteiger partial charge in [-0.25, -0.2) is 0 Å². The zero-order chi connectivity index (χ0) is 17.8. The fourth-order valence-corrected chi connectivity index (χ4v) is 3.36. The van der Waals surface area contributed by atoms with Gasteiger partial charge in [0.15, 0.2) is 0 Å². The van der Waals surface area contributed by atoms with E-state index in [1.807, 2.05) is 15.6 Å². The van der Waals surface area contributed by atoms with E-state index in [1.54, 1.807) is 30.5 Å². The number of amides is 1. The molecule has 1 atom stereocenters. The molecule has 0 N–H and O–H groups in total. The number of rotatable bonds is 5. The molecule has 0 fully saturated rings. The first-order valence-corrected chi connectivity index (χ1v) is 8.70. The van der Waals surface area contributed by atoms with E-state index in [0.717, 1.165) is 25.3 Å². The van der Waals surface area contributed by atoms with E-state index in [2.05, 4.69) is 29.9 Å². The first-order chi connectivity index (χ1) is 12.2. The van der Waals surface area contributed by atoms with Crippen LogP contribution in [0.1, 0.15) is 41.5 Å². The third-order valence-corrected chi connectivity index (χ3v) is 4.77. The predicted molar refractivity (Wildman–Crippen MR) is 94.9 cm³/mol. The number of hydrogen-bond donors (Lipinski definition) is 0. The van der Waals surface area contributed by atoms with Crippen LogP contribution in [0.2, 0.25) is 0 Å². The Morgan fingerprint density at radius 3 is 2.88 bits per heavy atom. The van der Waals surface area contributed by atoms with Crippen LogP contribution in [0.4, 0.5) is 0 Å². The second-order valence-corrected chi connectivity index (χ2v) is 6.29. The summed E-state index contributed by atoms with van der Waals surface area (Å²) in [4.78, 5) is 17.2. The summed E-state index contributed by atoms with van der Waals surface area (Å²) in [6.45, 7) is 8.28. The zero-order valence-electron chi connectivity index (χ0n) is 14.7. The Morgan fingerprint density at radius 1 is 1.36 bits per heavy atom. The van der Waals surface area contributed by atoms with Gasteiger partial charge in [-0.05, 0) is 37.4 Å². The number of nitrogens with zero attached hydrogens (tertiary/aromatic N) is 5. The van der Waals surface area contributed by atoms with Gasteiger partial charge in [0.1, 0.15) is 0 Å². The smallest absolute Gasteiger partial charge is 0.254 e. The third kappa shape index (κ3) is 3.57. The van der Waals surface area contributed by atoms with E-state index < -0.39 is 0 Å². The van der Waals surface area contributed by atoms with Crippen molar-refractivity contribution in [3.8, 4) is 6.07 Å². The largest absolute Gasteiger partial charge is 0.331 e. The molecule has 1 amide bonds. The summed E-state index contributed by atoms with van der Waals surface area (Å²) in [6, 6.07) is 11.1. The van der Waals surface area contributed by atoms with Gasteiger partial charge in [0.2, 0.25) is 0 Å². The fourth-order valence-electron chi connectivity index (χ4n) is 3.36. The Bertz CT molecular complexity index is 787. The van der Waals surface area contributed by atoms with Crippen LogP contribution in [0.25, 0.3) is 0 Å². The molecule has 1 aliphatic rings. The zero-order valence-corrected chi connectivity index (χ0v) is 14.7. The quantitative estimate of drug-likeness (QED) is 0.840. The first-order valence-electron chi connectivity index (χ1n) is 8.70. The van der Waals surface area contributed by atoms with Crippen LogP contribution >= 0.6 is 0 Å².